The number of aromatic nitrogens is 1. The van der Waals surface area contributed by atoms with E-state index in [4.69, 9.17) is 16.3 Å². The molecule has 0 spiro atoms. The average Bonchev–Trinajstić information content (AvgIpc) is 3.21. The fourth-order valence-corrected chi connectivity index (χ4v) is 4.16. The van der Waals surface area contributed by atoms with Crippen molar-refractivity contribution in [2.75, 3.05) is 32.8 Å². The Kier molecular flexibility index (Phi) is 5.35. The lowest BCUT2D eigenvalue weighted by Crippen LogP contribution is -2.51. The second kappa shape index (κ2) is 7.74. The highest BCUT2D eigenvalue weighted by Gasteiger charge is 2.30. The summed E-state index contributed by atoms with van der Waals surface area (Å²) in [5.41, 5.74) is 4.44. The standard InChI is InChI=1S/C21H26ClN3O2/c1-14-5-6-16-12-17(20(22)23-19(16)15(14)2)13-24-7-9-25(10-8-24)21(26)18-4-3-11-27-18/h5-6,12,18H,3-4,7-11,13H2,1-2H3. The lowest BCUT2D eigenvalue weighted by atomic mass is 10.0. The normalized spacial score (nSPS) is 21.1. The molecule has 5 nitrogen and oxygen atoms in total. The Labute approximate surface area is 165 Å². The number of fused-ring (bicyclic) bond motifs is 1. The van der Waals surface area contributed by atoms with Gasteiger partial charge in [-0.1, -0.05) is 23.7 Å². The van der Waals surface area contributed by atoms with Crippen LogP contribution >= 0.6 is 11.6 Å². The monoisotopic (exact) mass is 387 g/mol. The number of hydrogen-bond donors (Lipinski definition) is 0. The summed E-state index contributed by atoms with van der Waals surface area (Å²) in [4.78, 5) is 21.4. The minimum absolute atomic E-state index is 0.156. The molecule has 2 aliphatic heterocycles. The molecule has 1 aromatic carbocycles. The van der Waals surface area contributed by atoms with Gasteiger partial charge in [-0.3, -0.25) is 9.69 Å². The van der Waals surface area contributed by atoms with Crippen molar-refractivity contribution in [2.45, 2.75) is 39.3 Å². The molecule has 144 valence electrons. The van der Waals surface area contributed by atoms with Gasteiger partial charge >= 0.3 is 0 Å². The Morgan fingerprint density at radius 1 is 1.26 bits per heavy atom. The van der Waals surface area contributed by atoms with E-state index in [1.165, 1.54) is 11.1 Å². The first-order valence-electron chi connectivity index (χ1n) is 9.71. The summed E-state index contributed by atoms with van der Waals surface area (Å²) in [5.74, 6) is 0.156. The summed E-state index contributed by atoms with van der Waals surface area (Å²) in [6.07, 6.45) is 1.63. The molecule has 1 amide bonds. The second-order valence-corrected chi connectivity index (χ2v) is 7.98. The molecule has 2 aliphatic rings. The maximum Gasteiger partial charge on any atom is 0.251 e. The number of hydrogen-bond acceptors (Lipinski definition) is 4. The van der Waals surface area contributed by atoms with Gasteiger partial charge in [-0.25, -0.2) is 4.98 Å². The Morgan fingerprint density at radius 3 is 2.74 bits per heavy atom. The van der Waals surface area contributed by atoms with Crippen LogP contribution < -0.4 is 0 Å². The zero-order valence-electron chi connectivity index (χ0n) is 16.0. The average molecular weight is 388 g/mol. The van der Waals surface area contributed by atoms with Gasteiger partial charge in [0.05, 0.1) is 5.52 Å². The van der Waals surface area contributed by atoms with Gasteiger partial charge in [0.15, 0.2) is 0 Å². The van der Waals surface area contributed by atoms with Crippen LogP contribution in [0.4, 0.5) is 0 Å². The molecule has 1 atom stereocenters. The summed E-state index contributed by atoms with van der Waals surface area (Å²) >= 11 is 6.49. The van der Waals surface area contributed by atoms with E-state index in [9.17, 15) is 4.79 Å². The lowest BCUT2D eigenvalue weighted by Gasteiger charge is -2.35. The van der Waals surface area contributed by atoms with E-state index < -0.39 is 0 Å². The molecule has 0 aliphatic carbocycles. The quantitative estimate of drug-likeness (QED) is 0.758. The second-order valence-electron chi connectivity index (χ2n) is 7.62. The van der Waals surface area contributed by atoms with Crippen LogP contribution in [0.15, 0.2) is 18.2 Å². The molecule has 6 heteroatoms. The van der Waals surface area contributed by atoms with Gasteiger partial charge in [-0.15, -0.1) is 0 Å². The highest BCUT2D eigenvalue weighted by Crippen LogP contribution is 2.26. The first kappa shape index (κ1) is 18.7. The van der Waals surface area contributed by atoms with Gasteiger partial charge in [-0.2, -0.15) is 0 Å². The van der Waals surface area contributed by atoms with Crippen molar-refractivity contribution in [3.05, 3.63) is 40.0 Å². The number of aryl methyl sites for hydroxylation is 2. The molecule has 2 fully saturated rings. The predicted molar refractivity (Wildman–Crippen MR) is 107 cm³/mol. The van der Waals surface area contributed by atoms with Crippen molar-refractivity contribution in [1.29, 1.82) is 0 Å². The van der Waals surface area contributed by atoms with Gasteiger partial charge in [0.1, 0.15) is 11.3 Å². The number of piperazine rings is 1. The molecule has 2 saturated heterocycles. The third kappa shape index (κ3) is 3.82. The van der Waals surface area contributed by atoms with Crippen molar-refractivity contribution in [3.63, 3.8) is 0 Å². The largest absolute Gasteiger partial charge is 0.368 e. The van der Waals surface area contributed by atoms with Crippen LogP contribution in [-0.4, -0.2) is 59.6 Å². The van der Waals surface area contributed by atoms with Crippen LogP contribution in [0.1, 0.15) is 29.5 Å². The van der Waals surface area contributed by atoms with E-state index in [0.717, 1.165) is 62.0 Å². The molecule has 1 aromatic heterocycles. The molecule has 3 heterocycles. The Balaban J connectivity index is 1.42. The number of carbonyl (C=O) groups excluding carboxylic acids is 1. The highest BCUT2D eigenvalue weighted by molar-refractivity contribution is 6.30. The summed E-state index contributed by atoms with van der Waals surface area (Å²) in [5, 5.41) is 1.71. The zero-order valence-corrected chi connectivity index (χ0v) is 16.8. The molecule has 1 unspecified atom stereocenters. The van der Waals surface area contributed by atoms with Crippen molar-refractivity contribution in [2.24, 2.45) is 0 Å². The molecule has 0 saturated carbocycles. The number of halogens is 1. The molecule has 27 heavy (non-hydrogen) atoms. The van der Waals surface area contributed by atoms with Crippen LogP contribution in [0.3, 0.4) is 0 Å². The van der Waals surface area contributed by atoms with Gasteiger partial charge in [0, 0.05) is 50.3 Å². The maximum absolute atomic E-state index is 12.5. The highest BCUT2D eigenvalue weighted by atomic mass is 35.5. The van der Waals surface area contributed by atoms with Gasteiger partial charge in [0.25, 0.3) is 5.91 Å². The minimum Gasteiger partial charge on any atom is -0.368 e. The third-order valence-electron chi connectivity index (χ3n) is 5.82. The fraction of sp³-hybridized carbons (Fsp3) is 0.524. The Hall–Kier alpha value is -1.69. The third-order valence-corrected chi connectivity index (χ3v) is 6.15. The van der Waals surface area contributed by atoms with Gasteiger partial charge in [-0.05, 0) is 43.9 Å². The first-order valence-corrected chi connectivity index (χ1v) is 10.1. The van der Waals surface area contributed by atoms with Crippen molar-refractivity contribution in [3.8, 4) is 0 Å². The van der Waals surface area contributed by atoms with Crippen LogP contribution in [0.5, 0.6) is 0 Å². The molecule has 0 radical (unpaired) electrons. The summed E-state index contributed by atoms with van der Waals surface area (Å²) in [7, 11) is 0. The van der Waals surface area contributed by atoms with Crippen molar-refractivity contribution in [1.82, 2.24) is 14.8 Å². The van der Waals surface area contributed by atoms with Gasteiger partial charge in [0.2, 0.25) is 0 Å². The van der Waals surface area contributed by atoms with Crippen LogP contribution in [-0.2, 0) is 16.1 Å². The number of nitrogens with zero attached hydrogens (tertiary/aromatic N) is 3. The van der Waals surface area contributed by atoms with E-state index in [-0.39, 0.29) is 12.0 Å². The number of benzene rings is 1. The SMILES string of the molecule is Cc1ccc2cc(CN3CCN(C(=O)C4CCCO4)CC3)c(Cl)nc2c1C. The van der Waals surface area contributed by atoms with Crippen LogP contribution in [0.2, 0.25) is 5.15 Å². The number of carbonyl (C=O) groups is 1. The van der Waals surface area contributed by atoms with E-state index >= 15 is 0 Å². The van der Waals surface area contributed by atoms with Crippen molar-refractivity contribution < 1.29 is 9.53 Å². The summed E-state index contributed by atoms with van der Waals surface area (Å²) < 4.78 is 5.53. The van der Waals surface area contributed by atoms with E-state index in [1.54, 1.807) is 0 Å². The smallest absolute Gasteiger partial charge is 0.251 e. The summed E-state index contributed by atoms with van der Waals surface area (Å²) in [6, 6.07) is 6.40. The van der Waals surface area contributed by atoms with Crippen molar-refractivity contribution >= 4 is 28.4 Å². The molecule has 2 aromatic rings. The topological polar surface area (TPSA) is 45.7 Å². The molecule has 0 bridgehead atoms. The lowest BCUT2D eigenvalue weighted by molar-refractivity contribution is -0.142. The van der Waals surface area contributed by atoms with E-state index in [1.807, 2.05) is 4.90 Å². The number of ether oxygens (including phenoxy) is 1. The number of amides is 1. The van der Waals surface area contributed by atoms with Gasteiger partial charge < -0.3 is 9.64 Å². The number of rotatable bonds is 3. The molecule has 4 rings (SSSR count). The molecular weight excluding hydrogens is 362 g/mol. The zero-order chi connectivity index (χ0) is 19.0. The fourth-order valence-electron chi connectivity index (χ4n) is 3.96. The summed E-state index contributed by atoms with van der Waals surface area (Å²) in [6.45, 7) is 8.84. The maximum atomic E-state index is 12.5. The first-order chi connectivity index (χ1) is 13.0. The van der Waals surface area contributed by atoms with E-state index in [2.05, 4.69) is 41.9 Å². The number of pyridine rings is 1. The van der Waals surface area contributed by atoms with Crippen LogP contribution in [0, 0.1) is 13.8 Å². The Morgan fingerprint density at radius 2 is 2.04 bits per heavy atom. The van der Waals surface area contributed by atoms with E-state index in [0.29, 0.717) is 11.8 Å². The molecule has 0 N–H and O–H groups in total. The molecular formula is C21H26ClN3O2. The minimum atomic E-state index is -0.220. The van der Waals surface area contributed by atoms with Crippen LogP contribution in [0.25, 0.3) is 10.9 Å². The Bertz CT molecular complexity index is 856. The predicted octanol–water partition coefficient (Wildman–Crippen LogP) is 3.33.